The molecular formula is C17H37N3O2. The molecule has 5 heteroatoms. The van der Waals surface area contributed by atoms with Crippen LogP contribution in [0.15, 0.2) is 11.9 Å². The maximum atomic E-state index is 11.4. The van der Waals surface area contributed by atoms with Gasteiger partial charge in [0.25, 0.3) is 0 Å². The summed E-state index contributed by atoms with van der Waals surface area (Å²) in [4.78, 5) is 11.4. The number of rotatable bonds is 4. The Bertz CT molecular complexity index is 318. The molecule has 4 N–H and O–H groups in total. The second kappa shape index (κ2) is 12.3. The number of hydrogen-bond acceptors (Lipinski definition) is 5. The highest BCUT2D eigenvalue weighted by Gasteiger charge is 2.28. The van der Waals surface area contributed by atoms with Gasteiger partial charge in [0.1, 0.15) is 5.70 Å². The largest absolute Gasteiger partial charge is 0.461 e. The van der Waals surface area contributed by atoms with Crippen molar-refractivity contribution in [2.45, 2.75) is 80.2 Å². The molecule has 1 aliphatic carbocycles. The first-order valence-electron chi connectivity index (χ1n) is 8.53. The fourth-order valence-corrected chi connectivity index (χ4v) is 2.22. The molecule has 0 spiro atoms. The minimum absolute atomic E-state index is 0.0594. The zero-order chi connectivity index (χ0) is 17.8. The summed E-state index contributed by atoms with van der Waals surface area (Å²) in [5.41, 5.74) is 6.09. The van der Waals surface area contributed by atoms with Crippen LogP contribution >= 0.6 is 0 Å². The number of esters is 1. The summed E-state index contributed by atoms with van der Waals surface area (Å²) in [6, 6.07) is 0.256. The minimum Gasteiger partial charge on any atom is -0.461 e. The van der Waals surface area contributed by atoms with Gasteiger partial charge in [0.15, 0.2) is 0 Å². The van der Waals surface area contributed by atoms with Gasteiger partial charge in [-0.1, -0.05) is 41.5 Å². The minimum atomic E-state index is -0.510. The highest BCUT2D eigenvalue weighted by molar-refractivity contribution is 5.87. The zero-order valence-electron chi connectivity index (χ0n) is 15.6. The summed E-state index contributed by atoms with van der Waals surface area (Å²) in [5.74, 6) is 5.43. The Morgan fingerprint density at radius 2 is 1.68 bits per heavy atom. The van der Waals surface area contributed by atoms with Crippen LogP contribution in [-0.4, -0.2) is 23.6 Å². The lowest BCUT2D eigenvalue weighted by molar-refractivity contribution is -0.138. The lowest BCUT2D eigenvalue weighted by Gasteiger charge is -2.37. The van der Waals surface area contributed by atoms with Crippen molar-refractivity contribution in [1.29, 1.82) is 0 Å². The van der Waals surface area contributed by atoms with Crippen LogP contribution in [0.5, 0.6) is 0 Å². The van der Waals surface area contributed by atoms with Gasteiger partial charge < -0.3 is 15.5 Å². The Kier molecular flexibility index (Phi) is 12.9. The average Bonchev–Trinajstić information content (AvgIpc) is 2.51. The number of hydrazine groups is 1. The number of nitrogens with zero attached hydrogens (tertiary/aromatic N) is 1. The molecule has 0 atom stereocenters. The van der Waals surface area contributed by atoms with E-state index >= 15 is 0 Å². The number of carbonyl (C=O) groups is 1. The van der Waals surface area contributed by atoms with Crippen LogP contribution in [0.3, 0.4) is 0 Å². The molecule has 132 valence electrons. The third-order valence-electron chi connectivity index (χ3n) is 3.53. The van der Waals surface area contributed by atoms with Crippen molar-refractivity contribution in [2.24, 2.45) is 17.0 Å². The summed E-state index contributed by atoms with van der Waals surface area (Å²) >= 11 is 0. The molecule has 0 aliphatic heterocycles. The molecule has 1 saturated carbocycles. The molecule has 1 aliphatic rings. The molecule has 1 fully saturated rings. The van der Waals surface area contributed by atoms with Crippen LogP contribution < -0.4 is 11.6 Å². The number of carbonyl (C=O) groups excluding carboxylic acids is 1. The highest BCUT2D eigenvalue weighted by Crippen LogP contribution is 2.36. The predicted octanol–water partition coefficient (Wildman–Crippen LogP) is 3.55. The summed E-state index contributed by atoms with van der Waals surface area (Å²) in [6.07, 6.45) is 5.81. The van der Waals surface area contributed by atoms with Gasteiger partial charge >= 0.3 is 5.97 Å². The number of nitrogens with two attached hydrogens (primary N) is 2. The van der Waals surface area contributed by atoms with Crippen LogP contribution in [-0.2, 0) is 9.53 Å². The molecule has 1 rings (SSSR count). The summed E-state index contributed by atoms with van der Waals surface area (Å²) in [7, 11) is 0. The van der Waals surface area contributed by atoms with Crippen molar-refractivity contribution in [1.82, 2.24) is 5.01 Å². The molecule has 0 heterocycles. The number of hydrogen-bond donors (Lipinski definition) is 2. The van der Waals surface area contributed by atoms with Gasteiger partial charge in [-0.15, -0.1) is 0 Å². The lowest BCUT2D eigenvalue weighted by atomic mass is 9.75. The monoisotopic (exact) mass is 315 g/mol. The van der Waals surface area contributed by atoms with E-state index < -0.39 is 5.97 Å². The Morgan fingerprint density at radius 3 is 2.09 bits per heavy atom. The van der Waals surface area contributed by atoms with Crippen molar-refractivity contribution in [2.75, 3.05) is 6.61 Å². The molecule has 0 unspecified atom stereocenters. The highest BCUT2D eigenvalue weighted by atomic mass is 16.5. The molecule has 0 bridgehead atoms. The molecule has 0 aromatic rings. The van der Waals surface area contributed by atoms with E-state index in [0.717, 1.165) is 25.7 Å². The topological polar surface area (TPSA) is 81.6 Å². The SMILES string of the molecule is CC.CC.CCOC(=O)/C(N)=C/N(N)C1CCC(C)(C)CC1. The fourth-order valence-electron chi connectivity index (χ4n) is 2.22. The molecule has 5 nitrogen and oxygen atoms in total. The first kappa shape index (κ1) is 23.0. The summed E-state index contributed by atoms with van der Waals surface area (Å²) in [5, 5.41) is 1.56. The molecule has 0 aromatic carbocycles. The molecular weight excluding hydrogens is 278 g/mol. The van der Waals surface area contributed by atoms with Crippen LogP contribution in [0.2, 0.25) is 0 Å². The summed E-state index contributed by atoms with van der Waals surface area (Å²) in [6.45, 7) is 14.6. The quantitative estimate of drug-likeness (QED) is 0.359. The van der Waals surface area contributed by atoms with Crippen LogP contribution in [0, 0.1) is 5.41 Å². The maximum absolute atomic E-state index is 11.4. The van der Waals surface area contributed by atoms with E-state index in [1.807, 2.05) is 27.7 Å². The molecule has 0 amide bonds. The standard InChI is InChI=1S/C13H25N3O2.2C2H6/c1-4-18-12(17)11(14)9-16(15)10-5-7-13(2,3)8-6-10;2*1-2/h9-10H,4-8,14-15H2,1-3H3;2*1-2H3/b11-9-;;. The van der Waals surface area contributed by atoms with Crippen molar-refractivity contribution in [3.05, 3.63) is 11.9 Å². The molecule has 0 saturated heterocycles. The zero-order valence-corrected chi connectivity index (χ0v) is 15.6. The maximum Gasteiger partial charge on any atom is 0.355 e. The van der Waals surface area contributed by atoms with Gasteiger partial charge in [-0.05, 0) is 38.0 Å². The third kappa shape index (κ3) is 8.93. The first-order valence-corrected chi connectivity index (χ1v) is 8.53. The Labute approximate surface area is 137 Å². The van der Waals surface area contributed by atoms with Gasteiger partial charge in [0, 0.05) is 12.2 Å². The average molecular weight is 316 g/mol. The van der Waals surface area contributed by atoms with Gasteiger partial charge in [-0.25, -0.2) is 10.6 Å². The Balaban J connectivity index is 0. The molecule has 0 aromatic heterocycles. The van der Waals surface area contributed by atoms with Gasteiger partial charge in [0.05, 0.1) is 6.61 Å². The van der Waals surface area contributed by atoms with E-state index in [1.54, 1.807) is 11.9 Å². The first-order chi connectivity index (χ1) is 10.4. The fraction of sp³-hybridized carbons (Fsp3) is 0.824. The number of ether oxygens (including phenoxy) is 1. The Hall–Kier alpha value is -1.23. The second-order valence-electron chi connectivity index (χ2n) is 5.65. The Morgan fingerprint density at radius 1 is 1.23 bits per heavy atom. The van der Waals surface area contributed by atoms with Crippen molar-refractivity contribution in [3.8, 4) is 0 Å². The normalized spacial score (nSPS) is 17.4. The lowest BCUT2D eigenvalue weighted by Crippen LogP contribution is -2.41. The third-order valence-corrected chi connectivity index (χ3v) is 3.53. The summed E-state index contributed by atoms with van der Waals surface area (Å²) < 4.78 is 4.81. The molecule has 22 heavy (non-hydrogen) atoms. The van der Waals surface area contributed by atoms with Gasteiger partial charge in [-0.3, -0.25) is 0 Å². The van der Waals surface area contributed by atoms with Crippen molar-refractivity contribution < 1.29 is 9.53 Å². The van der Waals surface area contributed by atoms with Gasteiger partial charge in [-0.2, -0.15) is 0 Å². The molecule has 0 radical (unpaired) electrons. The van der Waals surface area contributed by atoms with Gasteiger partial charge in [0.2, 0.25) is 0 Å². The predicted molar refractivity (Wildman–Crippen MR) is 93.7 cm³/mol. The van der Waals surface area contributed by atoms with E-state index in [4.69, 9.17) is 16.3 Å². The second-order valence-corrected chi connectivity index (χ2v) is 5.65. The van der Waals surface area contributed by atoms with E-state index in [-0.39, 0.29) is 11.7 Å². The van der Waals surface area contributed by atoms with Crippen LogP contribution in [0.4, 0.5) is 0 Å². The van der Waals surface area contributed by atoms with E-state index in [9.17, 15) is 4.79 Å². The smallest absolute Gasteiger partial charge is 0.355 e. The van der Waals surface area contributed by atoms with E-state index in [0.29, 0.717) is 12.0 Å². The van der Waals surface area contributed by atoms with Crippen LogP contribution in [0.25, 0.3) is 0 Å². The van der Waals surface area contributed by atoms with E-state index in [1.165, 1.54) is 6.20 Å². The van der Waals surface area contributed by atoms with E-state index in [2.05, 4.69) is 13.8 Å². The van der Waals surface area contributed by atoms with Crippen molar-refractivity contribution >= 4 is 5.97 Å². The van der Waals surface area contributed by atoms with Crippen molar-refractivity contribution in [3.63, 3.8) is 0 Å². The van der Waals surface area contributed by atoms with Crippen LogP contribution in [0.1, 0.15) is 74.1 Å².